The van der Waals surface area contributed by atoms with Crippen molar-refractivity contribution in [3.05, 3.63) is 81.1 Å². The van der Waals surface area contributed by atoms with Gasteiger partial charge in [-0.1, -0.05) is 24.3 Å². The Morgan fingerprint density at radius 1 is 0.933 bits per heavy atom. The normalized spacial score (nSPS) is 15.5. The van der Waals surface area contributed by atoms with Crippen LogP contribution in [0, 0.1) is 0 Å². The average Bonchev–Trinajstić information content (AvgIpc) is 2.77. The quantitative estimate of drug-likeness (QED) is 0.571. The highest BCUT2D eigenvalue weighted by atomic mass is 16.5. The third-order valence-corrected chi connectivity index (χ3v) is 6.22. The van der Waals surface area contributed by atoms with Crippen LogP contribution in [0.15, 0.2) is 53.3 Å². The molecule has 1 aromatic heterocycles. The molecule has 0 atom stereocenters. The van der Waals surface area contributed by atoms with Gasteiger partial charge >= 0.3 is 0 Å². The van der Waals surface area contributed by atoms with Gasteiger partial charge in [0.1, 0.15) is 0 Å². The predicted molar refractivity (Wildman–Crippen MR) is 122 cm³/mol. The molecule has 0 bridgehead atoms. The van der Waals surface area contributed by atoms with E-state index >= 15 is 0 Å². The molecular formula is C25H27N3O2. The fraction of sp³-hybridized carbons (Fsp3) is 0.320. The van der Waals surface area contributed by atoms with Gasteiger partial charge in [-0.05, 0) is 53.3 Å². The molecule has 0 unspecified atom stereocenters. The summed E-state index contributed by atoms with van der Waals surface area (Å²) in [4.78, 5) is 19.9. The average molecular weight is 402 g/mol. The Bertz CT molecular complexity index is 1140. The van der Waals surface area contributed by atoms with Crippen molar-refractivity contribution in [3.63, 3.8) is 0 Å². The summed E-state index contributed by atoms with van der Waals surface area (Å²) >= 11 is 0. The van der Waals surface area contributed by atoms with Crippen LogP contribution in [0.2, 0.25) is 0 Å². The van der Waals surface area contributed by atoms with Gasteiger partial charge in [0.25, 0.3) is 0 Å². The molecule has 1 fully saturated rings. The highest BCUT2D eigenvalue weighted by molar-refractivity contribution is 5.71. The van der Waals surface area contributed by atoms with Crippen LogP contribution in [0.3, 0.4) is 0 Å². The number of hydrogen-bond acceptors (Lipinski definition) is 4. The first-order chi connectivity index (χ1) is 14.6. The van der Waals surface area contributed by atoms with E-state index < -0.39 is 0 Å². The monoisotopic (exact) mass is 401 g/mol. The van der Waals surface area contributed by atoms with Crippen molar-refractivity contribution in [1.29, 1.82) is 0 Å². The molecule has 0 amide bonds. The van der Waals surface area contributed by atoms with Gasteiger partial charge in [0.05, 0.1) is 18.9 Å². The molecule has 1 saturated heterocycles. The third-order valence-electron chi connectivity index (χ3n) is 6.22. The number of fused-ring (bicyclic) bond motifs is 2. The maximum atomic E-state index is 12.5. The maximum Gasteiger partial charge on any atom is 0.250 e. The largest absolute Gasteiger partial charge is 0.378 e. The van der Waals surface area contributed by atoms with Gasteiger partial charge in [-0.15, -0.1) is 0 Å². The van der Waals surface area contributed by atoms with Crippen LogP contribution >= 0.6 is 0 Å². The summed E-state index contributed by atoms with van der Waals surface area (Å²) in [6, 6.07) is 17.0. The molecule has 1 aliphatic carbocycles. The van der Waals surface area contributed by atoms with Gasteiger partial charge in [-0.25, -0.2) is 0 Å². The Morgan fingerprint density at radius 2 is 1.77 bits per heavy atom. The first-order valence-electron chi connectivity index (χ1n) is 10.6. The van der Waals surface area contributed by atoms with Crippen LogP contribution in [0.1, 0.15) is 22.3 Å². The smallest absolute Gasteiger partial charge is 0.250 e. The second-order valence-electron chi connectivity index (χ2n) is 8.36. The standard InChI is InChI=1S/C25H27N3O2/c1-27(2)20-7-6-17-14-23-18(12-19(17)13-20)4-3-5-22(23)24-15-21(16-25(29)26-24)28-8-10-30-11-9-28/h3-7,13,15-16H,8-12,14H2,1-2H3,(H,26,29). The molecule has 2 aromatic carbocycles. The second-order valence-corrected chi connectivity index (χ2v) is 8.36. The summed E-state index contributed by atoms with van der Waals surface area (Å²) in [6.45, 7) is 3.04. The first kappa shape index (κ1) is 18.9. The fourth-order valence-corrected chi connectivity index (χ4v) is 4.56. The van der Waals surface area contributed by atoms with E-state index in [-0.39, 0.29) is 5.56 Å². The van der Waals surface area contributed by atoms with E-state index in [9.17, 15) is 4.79 Å². The zero-order valence-electron chi connectivity index (χ0n) is 17.6. The summed E-state index contributed by atoms with van der Waals surface area (Å²) < 4.78 is 5.47. The molecule has 0 radical (unpaired) electrons. The maximum absolute atomic E-state index is 12.5. The van der Waals surface area contributed by atoms with E-state index in [4.69, 9.17) is 4.74 Å². The number of anilines is 2. The number of hydrogen-bond donors (Lipinski definition) is 1. The van der Waals surface area contributed by atoms with E-state index in [0.717, 1.165) is 42.9 Å². The predicted octanol–water partition coefficient (Wildman–Crippen LogP) is 3.44. The van der Waals surface area contributed by atoms with Crippen molar-refractivity contribution in [2.45, 2.75) is 12.8 Å². The second kappa shape index (κ2) is 7.65. The first-order valence-corrected chi connectivity index (χ1v) is 10.6. The van der Waals surface area contributed by atoms with Gasteiger partial charge in [0.15, 0.2) is 0 Å². The number of nitrogens with zero attached hydrogens (tertiary/aromatic N) is 2. The molecule has 0 spiro atoms. The van der Waals surface area contributed by atoms with Gasteiger partial charge < -0.3 is 19.5 Å². The van der Waals surface area contributed by atoms with Crippen molar-refractivity contribution < 1.29 is 4.74 Å². The summed E-state index contributed by atoms with van der Waals surface area (Å²) in [7, 11) is 4.16. The number of nitrogens with one attached hydrogen (secondary N) is 1. The van der Waals surface area contributed by atoms with Crippen molar-refractivity contribution in [3.8, 4) is 11.3 Å². The van der Waals surface area contributed by atoms with Crippen molar-refractivity contribution >= 4 is 11.4 Å². The van der Waals surface area contributed by atoms with Crippen LogP contribution in [0.25, 0.3) is 11.3 Å². The van der Waals surface area contributed by atoms with Crippen LogP contribution < -0.4 is 15.4 Å². The summed E-state index contributed by atoms with van der Waals surface area (Å²) in [5, 5.41) is 0. The molecular weight excluding hydrogens is 374 g/mol. The summed E-state index contributed by atoms with van der Waals surface area (Å²) in [5.74, 6) is 0. The van der Waals surface area contributed by atoms with Crippen LogP contribution in [0.4, 0.5) is 11.4 Å². The fourth-order valence-electron chi connectivity index (χ4n) is 4.56. The SMILES string of the molecule is CN(C)c1ccc2c(c1)Cc1cccc(-c3cc(N4CCOCC4)cc(=O)[nH]3)c1C2. The molecule has 5 nitrogen and oxygen atoms in total. The van der Waals surface area contributed by atoms with E-state index in [1.807, 2.05) is 0 Å². The molecule has 2 heterocycles. The molecule has 2 aliphatic rings. The number of rotatable bonds is 3. The van der Waals surface area contributed by atoms with Crippen LogP contribution in [-0.2, 0) is 17.6 Å². The van der Waals surface area contributed by atoms with Gasteiger partial charge in [-0.3, -0.25) is 4.79 Å². The van der Waals surface area contributed by atoms with Crippen molar-refractivity contribution in [2.75, 3.05) is 50.2 Å². The highest BCUT2D eigenvalue weighted by Crippen LogP contribution is 2.35. The van der Waals surface area contributed by atoms with E-state index in [2.05, 4.69) is 71.3 Å². The van der Waals surface area contributed by atoms with Crippen molar-refractivity contribution in [1.82, 2.24) is 4.98 Å². The third kappa shape index (κ3) is 3.50. The minimum atomic E-state index is -0.0570. The Kier molecular flexibility index (Phi) is 4.83. The lowest BCUT2D eigenvalue weighted by Crippen LogP contribution is -2.36. The Hall–Kier alpha value is -3.05. The zero-order valence-corrected chi connectivity index (χ0v) is 17.6. The molecule has 5 rings (SSSR count). The van der Waals surface area contributed by atoms with Gasteiger partial charge in [-0.2, -0.15) is 0 Å². The lowest BCUT2D eigenvalue weighted by atomic mass is 9.82. The van der Waals surface area contributed by atoms with Gasteiger partial charge in [0.2, 0.25) is 5.56 Å². The Balaban J connectivity index is 1.54. The summed E-state index contributed by atoms with van der Waals surface area (Å²) in [5.41, 5.74) is 9.59. The Labute approximate surface area is 176 Å². The molecule has 1 N–H and O–H groups in total. The topological polar surface area (TPSA) is 48.6 Å². The highest BCUT2D eigenvalue weighted by Gasteiger charge is 2.21. The molecule has 3 aromatic rings. The van der Waals surface area contributed by atoms with Gasteiger partial charge in [0, 0.05) is 50.2 Å². The lowest BCUT2D eigenvalue weighted by molar-refractivity contribution is 0.122. The van der Waals surface area contributed by atoms with Crippen molar-refractivity contribution in [2.24, 2.45) is 0 Å². The molecule has 1 aliphatic heterocycles. The van der Waals surface area contributed by atoms with E-state index in [0.29, 0.717) is 13.2 Å². The minimum Gasteiger partial charge on any atom is -0.378 e. The number of ether oxygens (including phenoxy) is 1. The molecule has 154 valence electrons. The van der Waals surface area contributed by atoms with Crippen LogP contribution in [0.5, 0.6) is 0 Å². The minimum absolute atomic E-state index is 0.0570. The van der Waals surface area contributed by atoms with E-state index in [1.165, 1.54) is 27.9 Å². The van der Waals surface area contributed by atoms with Crippen LogP contribution in [-0.4, -0.2) is 45.4 Å². The lowest BCUT2D eigenvalue weighted by Gasteiger charge is -2.29. The van der Waals surface area contributed by atoms with E-state index in [1.54, 1.807) is 6.07 Å². The molecule has 0 saturated carbocycles. The number of H-pyrrole nitrogens is 1. The number of aromatic amines is 1. The zero-order chi connectivity index (χ0) is 20.7. The number of aromatic nitrogens is 1. The molecule has 30 heavy (non-hydrogen) atoms. The number of pyridine rings is 1. The summed E-state index contributed by atoms with van der Waals surface area (Å²) in [6.07, 6.45) is 1.81. The molecule has 5 heteroatoms. The number of morpholine rings is 1. The number of benzene rings is 2. The Morgan fingerprint density at radius 3 is 2.57 bits per heavy atom.